The number of thioether (sulfide) groups is 1. The molecule has 0 spiro atoms. The number of aromatic nitrogens is 2. The molecular formula is C17H17N3S. The van der Waals surface area contributed by atoms with Crippen LogP contribution in [0.5, 0.6) is 0 Å². The predicted molar refractivity (Wildman–Crippen MR) is 89.0 cm³/mol. The van der Waals surface area contributed by atoms with Gasteiger partial charge in [-0.05, 0) is 29.8 Å². The Kier molecular flexibility index (Phi) is 4.06. The van der Waals surface area contributed by atoms with E-state index in [9.17, 15) is 0 Å². The lowest BCUT2D eigenvalue weighted by Gasteiger charge is -2.12. The minimum absolute atomic E-state index is 0.841. The van der Waals surface area contributed by atoms with Gasteiger partial charge in [0.1, 0.15) is 0 Å². The van der Waals surface area contributed by atoms with Crippen LogP contribution in [0.4, 0.5) is 5.69 Å². The Hall–Kier alpha value is -2.07. The van der Waals surface area contributed by atoms with E-state index in [1.54, 1.807) is 11.8 Å². The van der Waals surface area contributed by atoms with E-state index in [2.05, 4.69) is 39.1 Å². The molecule has 0 saturated heterocycles. The number of fused-ring (bicyclic) bond motifs is 1. The van der Waals surface area contributed by atoms with Crippen LogP contribution in [0.2, 0.25) is 0 Å². The summed E-state index contributed by atoms with van der Waals surface area (Å²) in [6.45, 7) is 0. The fourth-order valence-electron chi connectivity index (χ4n) is 2.05. The van der Waals surface area contributed by atoms with Gasteiger partial charge in [0.05, 0.1) is 11.4 Å². The highest BCUT2D eigenvalue weighted by molar-refractivity contribution is 7.98. The van der Waals surface area contributed by atoms with Crippen molar-refractivity contribution in [3.05, 3.63) is 60.2 Å². The van der Waals surface area contributed by atoms with Crippen molar-refractivity contribution in [3.8, 4) is 11.4 Å². The van der Waals surface area contributed by atoms with Crippen molar-refractivity contribution in [1.82, 2.24) is 9.97 Å². The molecule has 106 valence electrons. The zero-order valence-electron chi connectivity index (χ0n) is 12.2. The Morgan fingerprint density at radius 1 is 0.857 bits per heavy atom. The Balaban J connectivity index is 1.70. The summed E-state index contributed by atoms with van der Waals surface area (Å²) in [7, 11) is 4.10. The summed E-state index contributed by atoms with van der Waals surface area (Å²) in [6.07, 6.45) is 0. The maximum absolute atomic E-state index is 4.56. The standard InChI is InChI=1S/C17H17N3S/c1-20(2)14-10-8-13(9-11-14)12-21-17-18-15-6-4-3-5-7-16(15)19-17/h3-11H,12H2,1-2H3. The molecule has 1 heterocycles. The lowest BCUT2D eigenvalue weighted by Crippen LogP contribution is -2.08. The monoisotopic (exact) mass is 295 g/mol. The van der Waals surface area contributed by atoms with Gasteiger partial charge >= 0.3 is 0 Å². The highest BCUT2D eigenvalue weighted by Crippen LogP contribution is 2.26. The number of imidazole rings is 1. The van der Waals surface area contributed by atoms with Gasteiger partial charge in [-0.1, -0.05) is 42.1 Å². The van der Waals surface area contributed by atoms with Gasteiger partial charge in [0, 0.05) is 25.5 Å². The molecule has 0 aromatic heterocycles. The van der Waals surface area contributed by atoms with Gasteiger partial charge in [-0.2, -0.15) is 0 Å². The Morgan fingerprint density at radius 3 is 2.05 bits per heavy atom. The normalized spacial score (nSPS) is 10.8. The van der Waals surface area contributed by atoms with Crippen LogP contribution in [0.3, 0.4) is 0 Å². The third-order valence-electron chi connectivity index (χ3n) is 3.25. The zero-order chi connectivity index (χ0) is 14.7. The third kappa shape index (κ3) is 3.34. The van der Waals surface area contributed by atoms with Gasteiger partial charge in [-0.3, -0.25) is 0 Å². The molecule has 0 amide bonds. The summed E-state index contributed by atoms with van der Waals surface area (Å²) in [5, 5.41) is 0.841. The topological polar surface area (TPSA) is 29.0 Å². The molecule has 0 radical (unpaired) electrons. The predicted octanol–water partition coefficient (Wildman–Crippen LogP) is 3.94. The Morgan fingerprint density at radius 2 is 1.48 bits per heavy atom. The van der Waals surface area contributed by atoms with Crippen LogP contribution in [0.1, 0.15) is 5.56 Å². The molecule has 0 atom stereocenters. The first-order chi connectivity index (χ1) is 10.2. The molecule has 1 aromatic carbocycles. The van der Waals surface area contributed by atoms with E-state index in [0.717, 1.165) is 22.3 Å². The van der Waals surface area contributed by atoms with E-state index in [1.165, 1.54) is 11.3 Å². The lowest BCUT2D eigenvalue weighted by molar-refractivity contribution is 1.07. The number of hydrogen-bond acceptors (Lipinski definition) is 4. The number of hydrogen-bond donors (Lipinski definition) is 0. The van der Waals surface area contributed by atoms with E-state index >= 15 is 0 Å². The van der Waals surface area contributed by atoms with Crippen molar-refractivity contribution in [1.29, 1.82) is 0 Å². The summed E-state index contributed by atoms with van der Waals surface area (Å²) in [5.41, 5.74) is 4.40. The third-order valence-corrected chi connectivity index (χ3v) is 4.16. The van der Waals surface area contributed by atoms with Crippen molar-refractivity contribution in [2.75, 3.05) is 19.0 Å². The second-order valence-electron chi connectivity index (χ2n) is 5.04. The minimum atomic E-state index is 0.841. The summed E-state index contributed by atoms with van der Waals surface area (Å²) < 4.78 is 0. The quantitative estimate of drug-likeness (QED) is 0.682. The molecule has 0 N–H and O–H groups in total. The SMILES string of the molecule is CN(C)c1ccc(CSc2nc3cccccc-3n2)cc1. The van der Waals surface area contributed by atoms with Crippen LogP contribution < -0.4 is 4.90 Å². The molecule has 21 heavy (non-hydrogen) atoms. The Bertz CT molecular complexity index is 664. The van der Waals surface area contributed by atoms with E-state index in [0.29, 0.717) is 0 Å². The zero-order valence-corrected chi connectivity index (χ0v) is 13.0. The maximum Gasteiger partial charge on any atom is 0.189 e. The fourth-order valence-corrected chi connectivity index (χ4v) is 2.87. The van der Waals surface area contributed by atoms with Crippen molar-refractivity contribution in [2.24, 2.45) is 0 Å². The first-order valence-electron chi connectivity index (χ1n) is 6.84. The fraction of sp³-hybridized carbons (Fsp3) is 0.176. The lowest BCUT2D eigenvalue weighted by atomic mass is 10.2. The molecule has 3 nitrogen and oxygen atoms in total. The molecular weight excluding hydrogens is 278 g/mol. The van der Waals surface area contributed by atoms with Gasteiger partial charge in [0.15, 0.2) is 5.16 Å². The molecule has 1 aliphatic carbocycles. The van der Waals surface area contributed by atoms with Crippen LogP contribution >= 0.6 is 11.8 Å². The van der Waals surface area contributed by atoms with Crippen LogP contribution in [-0.2, 0) is 5.75 Å². The highest BCUT2D eigenvalue weighted by atomic mass is 32.2. The average molecular weight is 295 g/mol. The average Bonchev–Trinajstić information content (AvgIpc) is 2.75. The molecule has 0 unspecified atom stereocenters. The first kappa shape index (κ1) is 13.9. The van der Waals surface area contributed by atoms with Gasteiger partial charge < -0.3 is 4.90 Å². The summed E-state index contributed by atoms with van der Waals surface area (Å²) in [5.74, 6) is 0.885. The summed E-state index contributed by atoms with van der Waals surface area (Å²) in [4.78, 5) is 11.2. The summed E-state index contributed by atoms with van der Waals surface area (Å²) in [6, 6.07) is 18.6. The van der Waals surface area contributed by atoms with Crippen molar-refractivity contribution >= 4 is 17.4 Å². The Labute approximate surface area is 129 Å². The summed E-state index contributed by atoms with van der Waals surface area (Å²) >= 11 is 1.67. The van der Waals surface area contributed by atoms with Gasteiger partial charge in [0.2, 0.25) is 0 Å². The number of benzene rings is 1. The van der Waals surface area contributed by atoms with Crippen molar-refractivity contribution in [3.63, 3.8) is 0 Å². The smallest absolute Gasteiger partial charge is 0.189 e. The maximum atomic E-state index is 4.56. The molecule has 0 bridgehead atoms. The second-order valence-corrected chi connectivity index (χ2v) is 5.98. The van der Waals surface area contributed by atoms with Gasteiger partial charge in [-0.15, -0.1) is 0 Å². The molecule has 1 aliphatic heterocycles. The molecule has 4 heteroatoms. The number of rotatable bonds is 4. The van der Waals surface area contributed by atoms with Crippen molar-refractivity contribution < 1.29 is 0 Å². The van der Waals surface area contributed by atoms with Crippen LogP contribution in [0.25, 0.3) is 11.4 Å². The van der Waals surface area contributed by atoms with Crippen molar-refractivity contribution in [2.45, 2.75) is 10.9 Å². The van der Waals surface area contributed by atoms with E-state index in [1.807, 2.05) is 44.4 Å². The van der Waals surface area contributed by atoms with E-state index in [4.69, 9.17) is 0 Å². The van der Waals surface area contributed by atoms with E-state index < -0.39 is 0 Å². The first-order valence-corrected chi connectivity index (χ1v) is 7.83. The molecule has 0 saturated carbocycles. The molecule has 3 rings (SSSR count). The number of nitrogens with zero attached hydrogens (tertiary/aromatic N) is 3. The van der Waals surface area contributed by atoms with Crippen LogP contribution in [-0.4, -0.2) is 24.1 Å². The van der Waals surface area contributed by atoms with Crippen LogP contribution in [0.15, 0.2) is 59.8 Å². The molecule has 1 aromatic rings. The molecule has 2 aliphatic rings. The van der Waals surface area contributed by atoms with Crippen LogP contribution in [0, 0.1) is 0 Å². The highest BCUT2D eigenvalue weighted by Gasteiger charge is 2.09. The second kappa shape index (κ2) is 6.14. The van der Waals surface area contributed by atoms with Gasteiger partial charge in [-0.25, -0.2) is 9.97 Å². The largest absolute Gasteiger partial charge is 0.378 e. The minimum Gasteiger partial charge on any atom is -0.378 e. The van der Waals surface area contributed by atoms with E-state index in [-0.39, 0.29) is 0 Å². The number of anilines is 1. The molecule has 0 fully saturated rings. The van der Waals surface area contributed by atoms with Gasteiger partial charge in [0.25, 0.3) is 0 Å².